The molecule has 0 spiro atoms. The highest BCUT2D eigenvalue weighted by atomic mass is 16.5. The Morgan fingerprint density at radius 1 is 0.737 bits per heavy atom. The Balaban J connectivity index is 1.34. The van der Waals surface area contributed by atoms with E-state index in [9.17, 15) is 0 Å². The van der Waals surface area contributed by atoms with Crippen LogP contribution in [-0.2, 0) is 12.1 Å². The van der Waals surface area contributed by atoms with Crippen LogP contribution in [0, 0.1) is 0 Å². The predicted octanol–water partition coefficient (Wildman–Crippen LogP) is 5.64. The summed E-state index contributed by atoms with van der Waals surface area (Å²) < 4.78 is 12.8. The highest BCUT2D eigenvalue weighted by Gasteiger charge is 2.53. The van der Waals surface area contributed by atoms with Crippen LogP contribution in [-0.4, -0.2) is 46.7 Å². The first kappa shape index (κ1) is 23.9. The molecule has 2 heterocycles. The summed E-state index contributed by atoms with van der Waals surface area (Å²) in [4.78, 5) is 2.57. The highest BCUT2D eigenvalue weighted by Crippen LogP contribution is 2.48. The molecule has 6 rings (SSSR count). The van der Waals surface area contributed by atoms with Gasteiger partial charge in [-0.1, -0.05) is 96.2 Å². The first-order valence-electron chi connectivity index (χ1n) is 12.8. The lowest BCUT2D eigenvalue weighted by Gasteiger charge is -2.38. The summed E-state index contributed by atoms with van der Waals surface area (Å²) in [7, 11) is 3.27. The maximum atomic E-state index is 5.47. The normalized spacial score (nSPS) is 16.7. The first-order valence-corrected chi connectivity index (χ1v) is 12.8. The first-order chi connectivity index (χ1) is 18.7. The van der Waals surface area contributed by atoms with Gasteiger partial charge in [0.05, 0.1) is 32.5 Å². The Morgan fingerprint density at radius 2 is 1.29 bits per heavy atom. The van der Waals surface area contributed by atoms with E-state index in [2.05, 4.69) is 106 Å². The average Bonchev–Trinajstić information content (AvgIpc) is 3.58. The van der Waals surface area contributed by atoms with Crippen LogP contribution in [0.4, 0.5) is 0 Å². The summed E-state index contributed by atoms with van der Waals surface area (Å²) >= 11 is 0. The van der Waals surface area contributed by atoms with E-state index in [1.807, 2.05) is 29.1 Å². The van der Waals surface area contributed by atoms with Crippen LogP contribution >= 0.6 is 0 Å². The van der Waals surface area contributed by atoms with Crippen molar-refractivity contribution in [2.75, 3.05) is 20.8 Å². The van der Waals surface area contributed by atoms with E-state index in [-0.39, 0.29) is 0 Å². The van der Waals surface area contributed by atoms with E-state index >= 15 is 0 Å². The fourth-order valence-electron chi connectivity index (χ4n) is 5.51. The van der Waals surface area contributed by atoms with Crippen LogP contribution in [0.1, 0.15) is 16.7 Å². The van der Waals surface area contributed by atoms with Gasteiger partial charge in [-0.25, -0.2) is 0 Å². The predicted molar refractivity (Wildman–Crippen MR) is 148 cm³/mol. The van der Waals surface area contributed by atoms with Crippen LogP contribution < -0.4 is 9.47 Å². The van der Waals surface area contributed by atoms with Crippen LogP contribution in [0.2, 0.25) is 0 Å². The number of aromatic nitrogens is 3. The van der Waals surface area contributed by atoms with Crippen molar-refractivity contribution in [1.82, 2.24) is 19.9 Å². The van der Waals surface area contributed by atoms with Crippen LogP contribution in [0.5, 0.6) is 11.5 Å². The maximum absolute atomic E-state index is 5.47. The Labute approximate surface area is 223 Å². The van der Waals surface area contributed by atoms with E-state index in [0.29, 0.717) is 17.5 Å². The fourth-order valence-corrected chi connectivity index (χ4v) is 5.51. The number of methoxy groups -OCH3 is 2. The summed E-state index contributed by atoms with van der Waals surface area (Å²) in [5.74, 6) is 1.36. The van der Waals surface area contributed by atoms with Gasteiger partial charge in [0, 0.05) is 18.2 Å². The Kier molecular flexibility index (Phi) is 6.40. The van der Waals surface area contributed by atoms with Crippen LogP contribution in [0.25, 0.3) is 11.3 Å². The molecule has 0 amide bonds. The largest absolute Gasteiger partial charge is 0.493 e. The molecule has 0 saturated carbocycles. The zero-order valence-electron chi connectivity index (χ0n) is 21.6. The minimum absolute atomic E-state index is 0.301. The second-order valence-corrected chi connectivity index (χ2v) is 9.51. The molecule has 2 unspecified atom stereocenters. The van der Waals surface area contributed by atoms with Crippen molar-refractivity contribution in [3.05, 3.63) is 132 Å². The standard InChI is InChI=1S/C32H30N4O2/c1-37-30-19-18-24(20-31(30)38-2)29-23-35(34-33-29)21-28-22-36(28)32(25-12-6-3-7-13-25,26-14-8-4-9-15-26)27-16-10-5-11-17-27/h3-20,23,28H,21-22H2,1-2H3. The molecule has 6 nitrogen and oxygen atoms in total. The molecule has 1 saturated heterocycles. The van der Waals surface area contributed by atoms with E-state index in [1.165, 1.54) is 16.7 Å². The molecule has 0 radical (unpaired) electrons. The lowest BCUT2D eigenvalue weighted by Crippen LogP contribution is -2.39. The summed E-state index contributed by atoms with van der Waals surface area (Å²) in [6.07, 6.45) is 2.01. The van der Waals surface area contributed by atoms with Crippen molar-refractivity contribution < 1.29 is 9.47 Å². The van der Waals surface area contributed by atoms with Crippen LogP contribution in [0.3, 0.4) is 0 Å². The van der Waals surface area contributed by atoms with Gasteiger partial charge in [-0.2, -0.15) is 0 Å². The van der Waals surface area contributed by atoms with E-state index < -0.39 is 5.54 Å². The molecular formula is C32H30N4O2. The van der Waals surface area contributed by atoms with Crippen molar-refractivity contribution in [3.63, 3.8) is 0 Å². The van der Waals surface area contributed by atoms with Gasteiger partial charge in [0.2, 0.25) is 0 Å². The van der Waals surface area contributed by atoms with Gasteiger partial charge >= 0.3 is 0 Å². The molecule has 1 aliphatic heterocycles. The molecule has 2 atom stereocenters. The summed E-state index contributed by atoms with van der Waals surface area (Å²) in [6.45, 7) is 1.69. The molecule has 6 heteroatoms. The van der Waals surface area contributed by atoms with Crippen molar-refractivity contribution in [2.45, 2.75) is 18.1 Å². The van der Waals surface area contributed by atoms with E-state index in [1.54, 1.807) is 14.2 Å². The molecule has 0 N–H and O–H groups in total. The van der Waals surface area contributed by atoms with Gasteiger partial charge in [0.15, 0.2) is 11.5 Å². The molecule has 1 aromatic heterocycles. The molecular weight excluding hydrogens is 472 g/mol. The van der Waals surface area contributed by atoms with Crippen molar-refractivity contribution >= 4 is 0 Å². The lowest BCUT2D eigenvalue weighted by molar-refractivity contribution is 0.306. The lowest BCUT2D eigenvalue weighted by atomic mass is 9.76. The van der Waals surface area contributed by atoms with Gasteiger partial charge in [-0.05, 0) is 34.9 Å². The van der Waals surface area contributed by atoms with Crippen LogP contribution in [0.15, 0.2) is 115 Å². The maximum Gasteiger partial charge on any atom is 0.161 e. The van der Waals surface area contributed by atoms with Gasteiger partial charge in [0.1, 0.15) is 5.69 Å². The SMILES string of the molecule is COc1ccc(-c2cn(CC3CN3C(c3ccccc3)(c3ccccc3)c3ccccc3)nn2)cc1OC. The Morgan fingerprint density at radius 3 is 1.82 bits per heavy atom. The number of ether oxygens (including phenoxy) is 2. The third kappa shape index (κ3) is 4.23. The second kappa shape index (κ2) is 10.1. The van der Waals surface area contributed by atoms with Gasteiger partial charge in [0.25, 0.3) is 0 Å². The zero-order chi connectivity index (χ0) is 26.0. The van der Waals surface area contributed by atoms with Gasteiger partial charge < -0.3 is 9.47 Å². The second-order valence-electron chi connectivity index (χ2n) is 9.51. The topological polar surface area (TPSA) is 52.2 Å². The van der Waals surface area contributed by atoms with Crippen molar-refractivity contribution in [3.8, 4) is 22.8 Å². The number of benzene rings is 4. The Hall–Kier alpha value is -4.42. The highest BCUT2D eigenvalue weighted by molar-refractivity contribution is 5.63. The third-order valence-electron chi connectivity index (χ3n) is 7.34. The van der Waals surface area contributed by atoms with Crippen molar-refractivity contribution in [1.29, 1.82) is 0 Å². The molecule has 190 valence electrons. The quantitative estimate of drug-likeness (QED) is 0.193. The van der Waals surface area contributed by atoms with Gasteiger partial charge in [-0.15, -0.1) is 5.10 Å². The minimum Gasteiger partial charge on any atom is -0.493 e. The monoisotopic (exact) mass is 502 g/mol. The minimum atomic E-state index is -0.402. The molecule has 0 aliphatic carbocycles. The average molecular weight is 503 g/mol. The van der Waals surface area contributed by atoms with Crippen molar-refractivity contribution in [2.24, 2.45) is 0 Å². The summed E-state index contributed by atoms with van der Waals surface area (Å²) in [5.41, 5.74) is 5.10. The molecule has 1 fully saturated rings. The number of hydrogen-bond acceptors (Lipinski definition) is 5. The Bertz CT molecular complexity index is 1410. The number of rotatable bonds is 9. The summed E-state index contributed by atoms with van der Waals surface area (Å²) in [5, 5.41) is 8.93. The molecule has 38 heavy (non-hydrogen) atoms. The molecule has 5 aromatic rings. The number of hydrogen-bond donors (Lipinski definition) is 0. The number of nitrogens with zero attached hydrogens (tertiary/aromatic N) is 4. The molecule has 1 aliphatic rings. The zero-order valence-corrected chi connectivity index (χ0v) is 21.6. The van der Waals surface area contributed by atoms with E-state index in [4.69, 9.17) is 9.47 Å². The fraction of sp³-hybridized carbons (Fsp3) is 0.188. The molecule has 4 aromatic carbocycles. The third-order valence-corrected chi connectivity index (χ3v) is 7.34. The molecule has 0 bridgehead atoms. The summed E-state index contributed by atoms with van der Waals surface area (Å²) in [6, 6.07) is 38.5. The van der Waals surface area contributed by atoms with Gasteiger partial charge in [-0.3, -0.25) is 9.58 Å². The smallest absolute Gasteiger partial charge is 0.161 e. The van der Waals surface area contributed by atoms with E-state index in [0.717, 1.165) is 24.3 Å².